The van der Waals surface area contributed by atoms with Crippen LogP contribution in [0.2, 0.25) is 0 Å². The Morgan fingerprint density at radius 3 is 2.46 bits per heavy atom. The molecule has 0 N–H and O–H groups in total. The van der Waals surface area contributed by atoms with E-state index < -0.39 is 5.95 Å². The maximum atomic E-state index is 13.2. The van der Waals surface area contributed by atoms with Crippen LogP contribution in [0.3, 0.4) is 0 Å². The zero-order valence-electron chi connectivity index (χ0n) is 14.7. The molecule has 3 heterocycles. The minimum absolute atomic E-state index is 0.0564. The van der Waals surface area contributed by atoms with Crippen LogP contribution >= 0.6 is 0 Å². The maximum Gasteiger partial charge on any atom is 0.231 e. The van der Waals surface area contributed by atoms with Crippen molar-refractivity contribution >= 4 is 5.82 Å². The molecular formula is C19H19F2N5. The van der Waals surface area contributed by atoms with Gasteiger partial charge in [0.2, 0.25) is 5.95 Å². The van der Waals surface area contributed by atoms with Crippen molar-refractivity contribution in [3.05, 3.63) is 65.9 Å². The zero-order valence-corrected chi connectivity index (χ0v) is 14.7. The third-order valence-corrected chi connectivity index (χ3v) is 4.58. The van der Waals surface area contributed by atoms with Crippen LogP contribution in [0.5, 0.6) is 0 Å². The minimum atomic E-state index is -0.590. The molecule has 5 nitrogen and oxygen atoms in total. The second-order valence-corrected chi connectivity index (χ2v) is 7.40. The molecular weight excluding hydrogens is 336 g/mol. The van der Waals surface area contributed by atoms with Gasteiger partial charge in [0.25, 0.3) is 0 Å². The fraction of sp³-hybridized carbons (Fsp3) is 0.316. The Balaban J connectivity index is 1.73. The predicted molar refractivity (Wildman–Crippen MR) is 94.0 cm³/mol. The van der Waals surface area contributed by atoms with Crippen molar-refractivity contribution in [3.8, 4) is 5.69 Å². The summed E-state index contributed by atoms with van der Waals surface area (Å²) in [7, 11) is 0. The third kappa shape index (κ3) is 3.16. The van der Waals surface area contributed by atoms with E-state index in [2.05, 4.69) is 33.8 Å². The summed E-state index contributed by atoms with van der Waals surface area (Å²) in [4.78, 5) is 9.99. The van der Waals surface area contributed by atoms with Crippen molar-refractivity contribution in [2.24, 2.45) is 5.41 Å². The van der Waals surface area contributed by atoms with E-state index in [0.29, 0.717) is 12.4 Å². The summed E-state index contributed by atoms with van der Waals surface area (Å²) < 4.78 is 28.2. The lowest BCUT2D eigenvalue weighted by molar-refractivity contribution is 0.363. The average molecular weight is 355 g/mol. The van der Waals surface area contributed by atoms with Gasteiger partial charge in [-0.15, -0.1) is 0 Å². The summed E-state index contributed by atoms with van der Waals surface area (Å²) in [5, 5.41) is 4.52. The SMILES string of the molecule is CC1(C)Cc2c(cnn2-c2ccc(F)cc2)CN(c2cnc(F)cn2)C1. The molecule has 3 aromatic rings. The van der Waals surface area contributed by atoms with Crippen molar-refractivity contribution in [2.45, 2.75) is 26.8 Å². The lowest BCUT2D eigenvalue weighted by atomic mass is 9.87. The summed E-state index contributed by atoms with van der Waals surface area (Å²) in [5.41, 5.74) is 2.95. The Morgan fingerprint density at radius 2 is 1.77 bits per heavy atom. The normalized spacial score (nSPS) is 16.2. The van der Waals surface area contributed by atoms with Crippen LogP contribution < -0.4 is 4.90 Å². The van der Waals surface area contributed by atoms with Crippen LogP contribution in [0, 0.1) is 17.2 Å². The fourth-order valence-corrected chi connectivity index (χ4v) is 3.45. The average Bonchev–Trinajstić information content (AvgIpc) is 2.91. The highest BCUT2D eigenvalue weighted by atomic mass is 19.1. The molecule has 0 aliphatic carbocycles. The number of hydrogen-bond donors (Lipinski definition) is 0. The quantitative estimate of drug-likeness (QED) is 0.706. The van der Waals surface area contributed by atoms with Gasteiger partial charge in [-0.1, -0.05) is 13.8 Å². The van der Waals surface area contributed by atoms with Gasteiger partial charge in [-0.05, 0) is 36.1 Å². The molecule has 0 atom stereocenters. The monoisotopic (exact) mass is 355 g/mol. The lowest BCUT2D eigenvalue weighted by Gasteiger charge is -2.30. The highest BCUT2D eigenvalue weighted by Gasteiger charge is 2.31. The molecule has 1 aromatic carbocycles. The van der Waals surface area contributed by atoms with Crippen LogP contribution in [0.15, 0.2) is 42.9 Å². The molecule has 0 unspecified atom stereocenters. The zero-order chi connectivity index (χ0) is 18.3. The summed E-state index contributed by atoms with van der Waals surface area (Å²) in [6.45, 7) is 5.72. The molecule has 0 spiro atoms. The summed E-state index contributed by atoms with van der Waals surface area (Å²) in [6.07, 6.45) is 5.24. The molecule has 0 bridgehead atoms. The van der Waals surface area contributed by atoms with Crippen molar-refractivity contribution in [2.75, 3.05) is 11.4 Å². The van der Waals surface area contributed by atoms with Crippen molar-refractivity contribution in [1.29, 1.82) is 0 Å². The van der Waals surface area contributed by atoms with E-state index in [1.807, 2.05) is 10.9 Å². The molecule has 7 heteroatoms. The van der Waals surface area contributed by atoms with E-state index >= 15 is 0 Å². The van der Waals surface area contributed by atoms with Gasteiger partial charge in [0, 0.05) is 24.3 Å². The molecule has 26 heavy (non-hydrogen) atoms. The second-order valence-electron chi connectivity index (χ2n) is 7.40. The third-order valence-electron chi connectivity index (χ3n) is 4.58. The molecule has 0 saturated heterocycles. The number of anilines is 1. The Labute approximate surface area is 150 Å². The number of aromatic nitrogens is 4. The van der Waals surface area contributed by atoms with E-state index in [-0.39, 0.29) is 11.2 Å². The predicted octanol–water partition coefficient (Wildman–Crippen LogP) is 3.53. The number of benzene rings is 1. The van der Waals surface area contributed by atoms with Crippen molar-refractivity contribution in [3.63, 3.8) is 0 Å². The first-order valence-corrected chi connectivity index (χ1v) is 8.45. The topological polar surface area (TPSA) is 46.8 Å². The van der Waals surface area contributed by atoms with Crippen molar-refractivity contribution in [1.82, 2.24) is 19.7 Å². The minimum Gasteiger partial charge on any atom is -0.350 e. The van der Waals surface area contributed by atoms with Crippen LogP contribution in [-0.4, -0.2) is 26.3 Å². The van der Waals surface area contributed by atoms with Crippen LogP contribution in [0.25, 0.3) is 5.69 Å². The largest absolute Gasteiger partial charge is 0.350 e. The molecule has 4 rings (SSSR count). The highest BCUT2D eigenvalue weighted by Crippen LogP contribution is 2.33. The van der Waals surface area contributed by atoms with E-state index in [4.69, 9.17) is 0 Å². The van der Waals surface area contributed by atoms with Gasteiger partial charge in [0.1, 0.15) is 11.6 Å². The molecule has 1 aliphatic heterocycles. The van der Waals surface area contributed by atoms with Gasteiger partial charge in [-0.2, -0.15) is 9.49 Å². The second kappa shape index (κ2) is 6.16. The van der Waals surface area contributed by atoms with Gasteiger partial charge in [-0.25, -0.2) is 19.0 Å². The van der Waals surface area contributed by atoms with Gasteiger partial charge in [0.15, 0.2) is 0 Å². The van der Waals surface area contributed by atoms with Crippen LogP contribution in [0.4, 0.5) is 14.6 Å². The van der Waals surface area contributed by atoms with Crippen molar-refractivity contribution < 1.29 is 8.78 Å². The Kier molecular flexibility index (Phi) is 3.94. The first-order chi connectivity index (χ1) is 12.4. The van der Waals surface area contributed by atoms with Gasteiger partial charge < -0.3 is 4.90 Å². The number of hydrogen-bond acceptors (Lipinski definition) is 4. The Hall–Kier alpha value is -2.83. The first kappa shape index (κ1) is 16.6. The van der Waals surface area contributed by atoms with E-state index in [9.17, 15) is 8.78 Å². The van der Waals surface area contributed by atoms with Crippen LogP contribution in [0.1, 0.15) is 25.1 Å². The molecule has 1 aliphatic rings. The molecule has 134 valence electrons. The number of nitrogens with zero attached hydrogens (tertiary/aromatic N) is 5. The first-order valence-electron chi connectivity index (χ1n) is 8.45. The molecule has 2 aromatic heterocycles. The van der Waals surface area contributed by atoms with Crippen LogP contribution in [-0.2, 0) is 13.0 Å². The Bertz CT molecular complexity index is 916. The number of rotatable bonds is 2. The van der Waals surface area contributed by atoms with E-state index in [0.717, 1.165) is 36.1 Å². The number of fused-ring (bicyclic) bond motifs is 1. The molecule has 0 radical (unpaired) electrons. The standard InChI is InChI=1S/C19H19F2N5/c1-19(2)7-16-13(8-24-26(16)15-5-3-14(20)4-6-15)11-25(12-19)18-10-22-17(21)9-23-18/h3-6,8-10H,7,11-12H2,1-2H3. The fourth-order valence-electron chi connectivity index (χ4n) is 3.45. The Morgan fingerprint density at radius 1 is 1.00 bits per heavy atom. The van der Waals surface area contributed by atoms with E-state index in [1.54, 1.807) is 12.1 Å². The molecule has 0 amide bonds. The molecule has 0 fully saturated rings. The lowest BCUT2D eigenvalue weighted by Crippen LogP contribution is -2.33. The smallest absolute Gasteiger partial charge is 0.231 e. The van der Waals surface area contributed by atoms with Gasteiger partial charge in [0.05, 0.1) is 24.3 Å². The summed E-state index contributed by atoms with van der Waals surface area (Å²) in [6, 6.07) is 6.32. The summed E-state index contributed by atoms with van der Waals surface area (Å²) >= 11 is 0. The van der Waals surface area contributed by atoms with Gasteiger partial charge >= 0.3 is 0 Å². The highest BCUT2D eigenvalue weighted by molar-refractivity contribution is 5.42. The molecule has 0 saturated carbocycles. The van der Waals surface area contributed by atoms with E-state index in [1.165, 1.54) is 18.3 Å². The summed E-state index contributed by atoms with van der Waals surface area (Å²) in [5.74, 6) is -0.220. The van der Waals surface area contributed by atoms with Gasteiger partial charge in [-0.3, -0.25) is 0 Å². The maximum absolute atomic E-state index is 13.2. The number of halogens is 2.